The van der Waals surface area contributed by atoms with Crippen LogP contribution in [0.15, 0.2) is 41.3 Å². The number of aromatic hydroxyl groups is 1. The van der Waals surface area contributed by atoms with Gasteiger partial charge in [-0.05, 0) is 42.0 Å². The van der Waals surface area contributed by atoms with Gasteiger partial charge in [-0.3, -0.25) is 9.20 Å². The zero-order valence-corrected chi connectivity index (χ0v) is 15.8. The van der Waals surface area contributed by atoms with Gasteiger partial charge < -0.3 is 9.84 Å². The molecule has 142 valence electrons. The molecule has 9 heteroatoms. The van der Waals surface area contributed by atoms with Crippen LogP contribution in [0.2, 0.25) is 5.02 Å². The van der Waals surface area contributed by atoms with E-state index in [0.29, 0.717) is 15.1 Å². The molecule has 0 bridgehead atoms. The van der Waals surface area contributed by atoms with E-state index in [9.17, 15) is 18.7 Å². The van der Waals surface area contributed by atoms with E-state index >= 15 is 0 Å². The Morgan fingerprint density at radius 2 is 2.07 bits per heavy atom. The summed E-state index contributed by atoms with van der Waals surface area (Å²) in [4.78, 5) is 17.2. The Hall–Kier alpha value is -2.97. The molecule has 0 saturated carbocycles. The van der Waals surface area contributed by atoms with E-state index in [-0.39, 0.29) is 33.3 Å². The maximum Gasteiger partial charge on any atom is 0.274 e. The minimum Gasteiger partial charge on any atom is -0.503 e. The van der Waals surface area contributed by atoms with Crippen LogP contribution in [-0.4, -0.2) is 21.6 Å². The van der Waals surface area contributed by atoms with Crippen molar-refractivity contribution in [1.82, 2.24) is 9.38 Å². The van der Waals surface area contributed by atoms with E-state index in [1.54, 1.807) is 6.08 Å². The largest absolute Gasteiger partial charge is 0.503 e. The first-order chi connectivity index (χ1) is 13.4. The number of thiazole rings is 1. The fourth-order valence-corrected chi connectivity index (χ4v) is 3.91. The van der Waals surface area contributed by atoms with Crippen molar-refractivity contribution in [3.8, 4) is 22.8 Å². The molecule has 2 aromatic carbocycles. The Balaban J connectivity index is 1.83. The lowest BCUT2D eigenvalue weighted by Crippen LogP contribution is -2.22. The number of imidazole rings is 1. The molecule has 0 aliphatic carbocycles. The van der Waals surface area contributed by atoms with Crippen LogP contribution in [0.4, 0.5) is 8.78 Å². The Morgan fingerprint density at radius 3 is 2.79 bits per heavy atom. The lowest BCUT2D eigenvalue weighted by molar-refractivity contribution is 0.373. The lowest BCUT2D eigenvalue weighted by Gasteiger charge is -2.05. The highest BCUT2D eigenvalue weighted by molar-refractivity contribution is 7.15. The number of hydrogen-bond donors (Lipinski definition) is 1. The summed E-state index contributed by atoms with van der Waals surface area (Å²) in [7, 11) is 1.39. The van der Waals surface area contributed by atoms with Crippen molar-refractivity contribution >= 4 is 34.0 Å². The molecule has 0 aliphatic rings. The predicted molar refractivity (Wildman–Crippen MR) is 103 cm³/mol. The van der Waals surface area contributed by atoms with Crippen LogP contribution in [0.3, 0.4) is 0 Å². The minimum atomic E-state index is -0.628. The van der Waals surface area contributed by atoms with Gasteiger partial charge in [0.1, 0.15) is 11.6 Å². The van der Waals surface area contributed by atoms with Gasteiger partial charge in [0.05, 0.1) is 22.4 Å². The molecule has 0 radical (unpaired) electrons. The smallest absolute Gasteiger partial charge is 0.274 e. The van der Waals surface area contributed by atoms with E-state index in [1.165, 1.54) is 29.8 Å². The van der Waals surface area contributed by atoms with Gasteiger partial charge in [0.15, 0.2) is 16.5 Å². The number of hydrogen-bond acceptors (Lipinski definition) is 5. The number of methoxy groups -OCH3 is 1. The van der Waals surface area contributed by atoms with Crippen molar-refractivity contribution in [2.75, 3.05) is 7.11 Å². The molecular formula is C19H11ClF2N2O3S. The highest BCUT2D eigenvalue weighted by Crippen LogP contribution is 2.35. The van der Waals surface area contributed by atoms with Crippen LogP contribution < -0.4 is 14.8 Å². The number of phenols is 1. The van der Waals surface area contributed by atoms with E-state index in [1.807, 2.05) is 0 Å². The van der Waals surface area contributed by atoms with Gasteiger partial charge in [-0.15, -0.1) is 0 Å². The summed E-state index contributed by atoms with van der Waals surface area (Å²) in [6.07, 6.45) is 2.95. The summed E-state index contributed by atoms with van der Waals surface area (Å²) in [5.41, 5.74) is 0.341. The zero-order valence-electron chi connectivity index (χ0n) is 14.2. The number of halogens is 3. The van der Waals surface area contributed by atoms with Gasteiger partial charge in [-0.25, -0.2) is 13.8 Å². The van der Waals surface area contributed by atoms with E-state index < -0.39 is 11.6 Å². The maximum absolute atomic E-state index is 14.0. The van der Waals surface area contributed by atoms with Gasteiger partial charge >= 0.3 is 0 Å². The molecule has 0 amide bonds. The molecule has 5 nitrogen and oxygen atoms in total. The number of ether oxygens (including phenoxy) is 1. The third-order valence-electron chi connectivity index (χ3n) is 4.08. The Bertz CT molecular complexity index is 1330. The average Bonchev–Trinajstić information content (AvgIpc) is 3.20. The third kappa shape index (κ3) is 3.10. The van der Waals surface area contributed by atoms with Crippen molar-refractivity contribution in [2.45, 2.75) is 0 Å². The number of aromatic nitrogens is 2. The van der Waals surface area contributed by atoms with Crippen LogP contribution in [0, 0.1) is 11.6 Å². The molecule has 0 atom stereocenters. The third-order valence-corrected chi connectivity index (χ3v) is 5.35. The van der Waals surface area contributed by atoms with Crippen LogP contribution in [0.1, 0.15) is 5.56 Å². The number of fused-ring (bicyclic) bond motifs is 1. The molecule has 0 fully saturated rings. The fraction of sp³-hybridized carbons (Fsp3) is 0.0526. The standard InChI is InChI=1S/C19H11ClF2N2O3S/c1-27-15-5-9(4-12(20)17(15)25)6-16-18(26)24-8-14(23-19(24)28-16)11-7-10(21)2-3-13(11)22/h2-8,25H,1H3. The number of benzene rings is 2. The van der Waals surface area contributed by atoms with E-state index in [0.717, 1.165) is 29.5 Å². The van der Waals surface area contributed by atoms with Crippen molar-refractivity contribution in [3.63, 3.8) is 0 Å². The summed E-state index contributed by atoms with van der Waals surface area (Å²) < 4.78 is 34.1. The van der Waals surface area contributed by atoms with E-state index in [4.69, 9.17) is 16.3 Å². The van der Waals surface area contributed by atoms with Gasteiger partial charge in [-0.1, -0.05) is 22.9 Å². The molecule has 4 rings (SSSR count). The first kappa shape index (κ1) is 18.4. The summed E-state index contributed by atoms with van der Waals surface area (Å²) in [5, 5.41) is 9.89. The summed E-state index contributed by atoms with van der Waals surface area (Å²) in [6, 6.07) is 6.09. The highest BCUT2D eigenvalue weighted by atomic mass is 35.5. The van der Waals surface area contributed by atoms with Crippen molar-refractivity contribution in [3.05, 3.63) is 73.6 Å². The zero-order chi connectivity index (χ0) is 20.0. The Labute approximate surface area is 165 Å². The number of nitrogens with zero attached hydrogens (tertiary/aromatic N) is 2. The van der Waals surface area contributed by atoms with Gasteiger partial charge in [0, 0.05) is 11.8 Å². The Morgan fingerprint density at radius 1 is 1.29 bits per heavy atom. The SMILES string of the molecule is COc1cc(C=c2sc3nc(-c4cc(F)ccc4F)cn3c2=O)cc(Cl)c1O. The molecule has 0 unspecified atom stereocenters. The van der Waals surface area contributed by atoms with Crippen LogP contribution in [0.5, 0.6) is 11.5 Å². The number of phenolic OH excluding ortho intramolecular Hbond substituents is 1. The van der Waals surface area contributed by atoms with Crippen molar-refractivity contribution in [1.29, 1.82) is 0 Å². The molecule has 28 heavy (non-hydrogen) atoms. The first-order valence-electron chi connectivity index (χ1n) is 7.93. The predicted octanol–water partition coefficient (Wildman–Crippen LogP) is 3.62. The summed E-state index contributed by atoms with van der Waals surface area (Å²) in [6.45, 7) is 0. The molecule has 4 aromatic rings. The van der Waals surface area contributed by atoms with Gasteiger partial charge in [0.2, 0.25) is 0 Å². The fourth-order valence-electron chi connectivity index (χ4n) is 2.74. The maximum atomic E-state index is 14.0. The molecule has 0 aliphatic heterocycles. The second kappa shape index (κ2) is 6.88. The molecule has 0 spiro atoms. The summed E-state index contributed by atoms with van der Waals surface area (Å²) >= 11 is 7.06. The molecule has 2 aromatic heterocycles. The van der Waals surface area contributed by atoms with Crippen LogP contribution >= 0.6 is 22.9 Å². The normalized spacial score (nSPS) is 12.1. The van der Waals surface area contributed by atoms with Crippen molar-refractivity contribution < 1.29 is 18.6 Å². The molecule has 1 N–H and O–H groups in total. The monoisotopic (exact) mass is 420 g/mol. The van der Waals surface area contributed by atoms with Crippen LogP contribution in [-0.2, 0) is 0 Å². The Kier molecular flexibility index (Phi) is 4.52. The van der Waals surface area contributed by atoms with Crippen LogP contribution in [0.25, 0.3) is 22.3 Å². The topological polar surface area (TPSA) is 63.8 Å². The molecule has 0 saturated heterocycles. The molecule has 2 heterocycles. The van der Waals surface area contributed by atoms with Gasteiger partial charge in [-0.2, -0.15) is 0 Å². The lowest BCUT2D eigenvalue weighted by atomic mass is 10.1. The highest BCUT2D eigenvalue weighted by Gasteiger charge is 2.14. The second-order valence-electron chi connectivity index (χ2n) is 5.87. The number of rotatable bonds is 3. The van der Waals surface area contributed by atoms with Crippen molar-refractivity contribution in [2.24, 2.45) is 0 Å². The molecular weight excluding hydrogens is 410 g/mol. The first-order valence-corrected chi connectivity index (χ1v) is 9.12. The quantitative estimate of drug-likeness (QED) is 0.550. The van der Waals surface area contributed by atoms with E-state index in [2.05, 4.69) is 4.98 Å². The van der Waals surface area contributed by atoms with Gasteiger partial charge in [0.25, 0.3) is 5.56 Å². The second-order valence-corrected chi connectivity index (χ2v) is 7.29. The summed E-state index contributed by atoms with van der Waals surface area (Å²) in [5.74, 6) is -1.23. The minimum absolute atomic E-state index is 0.0177. The average molecular weight is 421 g/mol.